The molecule has 4 fully saturated rings. The lowest BCUT2D eigenvalue weighted by Gasteiger charge is -2.34. The van der Waals surface area contributed by atoms with Crippen molar-refractivity contribution in [1.29, 1.82) is 5.26 Å². The van der Waals surface area contributed by atoms with E-state index in [2.05, 4.69) is 16.7 Å². The molecule has 200 valence electrons. The summed E-state index contributed by atoms with van der Waals surface area (Å²) >= 11 is 0. The first-order valence-corrected chi connectivity index (χ1v) is 12.8. The lowest BCUT2D eigenvalue weighted by molar-refractivity contribution is -0.175. The molecule has 2 saturated carbocycles. The van der Waals surface area contributed by atoms with Gasteiger partial charge in [0.2, 0.25) is 17.7 Å². The Bertz CT molecular complexity index is 1080. The standard InChI is InChI=1S/C25H30F3N5O4/c1-24(5-6-24)19(32-23(37)25(26,27)28)22(36)33-11-16-12-2-3-13(8-12)17(16)18(33)21(35)31-15(10-29)9-14-4-7-30-20(14)34/h2-3,12-19H,4-9,11H2,1H3,(H,30,34)(H,31,35)(H,32,37). The molecule has 4 amide bonds. The number of hydrogen-bond acceptors (Lipinski definition) is 5. The van der Waals surface area contributed by atoms with E-state index in [9.17, 15) is 37.6 Å². The molecule has 3 aliphatic carbocycles. The van der Waals surface area contributed by atoms with E-state index >= 15 is 0 Å². The summed E-state index contributed by atoms with van der Waals surface area (Å²) < 4.78 is 39.2. The van der Waals surface area contributed by atoms with Gasteiger partial charge in [0.05, 0.1) is 6.07 Å². The third kappa shape index (κ3) is 4.57. The number of nitriles is 1. The van der Waals surface area contributed by atoms with Crippen LogP contribution in [0.15, 0.2) is 12.2 Å². The summed E-state index contributed by atoms with van der Waals surface area (Å²) in [6, 6.07) is -1.30. The van der Waals surface area contributed by atoms with Crippen molar-refractivity contribution in [2.24, 2.45) is 35.0 Å². The molecule has 12 heteroatoms. The van der Waals surface area contributed by atoms with E-state index in [1.165, 1.54) is 4.90 Å². The van der Waals surface area contributed by atoms with Gasteiger partial charge in [0, 0.05) is 19.0 Å². The van der Waals surface area contributed by atoms with Gasteiger partial charge >= 0.3 is 12.1 Å². The van der Waals surface area contributed by atoms with Crippen molar-refractivity contribution < 1.29 is 32.3 Å². The van der Waals surface area contributed by atoms with Crippen LogP contribution in [0, 0.1) is 46.3 Å². The van der Waals surface area contributed by atoms with E-state index in [1.54, 1.807) is 6.92 Å². The van der Waals surface area contributed by atoms with Crippen LogP contribution in [0.3, 0.4) is 0 Å². The summed E-state index contributed by atoms with van der Waals surface area (Å²) in [6.45, 7) is 2.36. The summed E-state index contributed by atoms with van der Waals surface area (Å²) in [4.78, 5) is 52.5. The number of carbonyl (C=O) groups excluding carboxylic acids is 4. The molecule has 5 rings (SSSR count). The Kier molecular flexibility index (Phi) is 6.23. The maximum absolute atomic E-state index is 13.8. The molecule has 9 nitrogen and oxygen atoms in total. The second-order valence-electron chi connectivity index (χ2n) is 11.4. The number of rotatable bonds is 7. The molecule has 8 unspecified atom stereocenters. The fourth-order valence-corrected chi connectivity index (χ4v) is 6.73. The van der Waals surface area contributed by atoms with Crippen LogP contribution < -0.4 is 16.0 Å². The molecular weight excluding hydrogens is 491 g/mol. The molecule has 0 aromatic rings. The Labute approximate surface area is 212 Å². The minimum atomic E-state index is -5.14. The number of nitrogens with one attached hydrogen (secondary N) is 3. The van der Waals surface area contributed by atoms with Crippen molar-refractivity contribution in [3.8, 4) is 6.07 Å². The molecule has 0 aromatic heterocycles. The number of allylic oxidation sites excluding steroid dienone is 2. The highest BCUT2D eigenvalue weighted by molar-refractivity contribution is 5.95. The highest BCUT2D eigenvalue weighted by Crippen LogP contribution is 2.55. The lowest BCUT2D eigenvalue weighted by atomic mass is 9.81. The second kappa shape index (κ2) is 9.03. The Hall–Kier alpha value is -3.10. The third-order valence-electron chi connectivity index (χ3n) is 9.02. The normalized spacial score (nSPS) is 34.4. The number of nitrogens with zero attached hydrogens (tertiary/aromatic N) is 2. The summed E-state index contributed by atoms with van der Waals surface area (Å²) in [5.74, 6) is -4.04. The fourth-order valence-electron chi connectivity index (χ4n) is 6.73. The summed E-state index contributed by atoms with van der Waals surface area (Å²) in [5, 5.41) is 17.0. The summed E-state index contributed by atoms with van der Waals surface area (Å²) in [7, 11) is 0. The van der Waals surface area contributed by atoms with Gasteiger partial charge in [-0.3, -0.25) is 19.2 Å². The van der Waals surface area contributed by atoms with Crippen LogP contribution in [0.1, 0.15) is 39.0 Å². The van der Waals surface area contributed by atoms with Gasteiger partial charge in [0.1, 0.15) is 18.1 Å². The van der Waals surface area contributed by atoms with Gasteiger partial charge in [0.15, 0.2) is 0 Å². The Morgan fingerprint density at radius 3 is 2.54 bits per heavy atom. The molecule has 0 aromatic carbocycles. The predicted molar refractivity (Wildman–Crippen MR) is 122 cm³/mol. The van der Waals surface area contributed by atoms with Gasteiger partial charge in [-0.2, -0.15) is 18.4 Å². The topological polar surface area (TPSA) is 131 Å². The molecule has 2 heterocycles. The van der Waals surface area contributed by atoms with Gasteiger partial charge < -0.3 is 20.9 Å². The molecule has 8 atom stereocenters. The number of carbonyl (C=O) groups is 4. The molecule has 5 aliphatic rings. The second-order valence-corrected chi connectivity index (χ2v) is 11.4. The predicted octanol–water partition coefficient (Wildman–Crippen LogP) is 1.02. The molecule has 0 spiro atoms. The zero-order chi connectivity index (χ0) is 26.7. The number of likely N-dealkylation sites (tertiary alicyclic amines) is 1. The first-order valence-electron chi connectivity index (χ1n) is 12.8. The molecule has 2 saturated heterocycles. The first kappa shape index (κ1) is 25.5. The fraction of sp³-hybridized carbons (Fsp3) is 0.720. The molecular formula is C25H30F3N5O4. The van der Waals surface area contributed by atoms with Crippen molar-refractivity contribution in [3.63, 3.8) is 0 Å². The van der Waals surface area contributed by atoms with Crippen LogP contribution in [0.25, 0.3) is 0 Å². The average molecular weight is 522 g/mol. The van der Waals surface area contributed by atoms with Crippen molar-refractivity contribution in [2.75, 3.05) is 13.1 Å². The van der Waals surface area contributed by atoms with Gasteiger partial charge in [-0.05, 0) is 61.2 Å². The monoisotopic (exact) mass is 521 g/mol. The van der Waals surface area contributed by atoms with Crippen LogP contribution in [0.5, 0.6) is 0 Å². The van der Waals surface area contributed by atoms with E-state index < -0.39 is 53.4 Å². The van der Waals surface area contributed by atoms with Crippen LogP contribution in [0.4, 0.5) is 13.2 Å². The Morgan fingerprint density at radius 1 is 1.24 bits per heavy atom. The maximum atomic E-state index is 13.8. The van der Waals surface area contributed by atoms with E-state index in [4.69, 9.17) is 0 Å². The van der Waals surface area contributed by atoms with Crippen molar-refractivity contribution in [1.82, 2.24) is 20.9 Å². The van der Waals surface area contributed by atoms with Gasteiger partial charge in [0.25, 0.3) is 0 Å². The smallest absolute Gasteiger partial charge is 0.356 e. The number of halogens is 3. The van der Waals surface area contributed by atoms with E-state index in [0.29, 0.717) is 25.8 Å². The zero-order valence-corrected chi connectivity index (χ0v) is 20.4. The number of amides is 4. The largest absolute Gasteiger partial charge is 0.471 e. The lowest BCUT2D eigenvalue weighted by Crippen LogP contribution is -2.59. The third-order valence-corrected chi connectivity index (χ3v) is 9.02. The van der Waals surface area contributed by atoms with Crippen molar-refractivity contribution in [3.05, 3.63) is 12.2 Å². The van der Waals surface area contributed by atoms with Crippen molar-refractivity contribution >= 4 is 23.6 Å². The molecule has 3 N–H and O–H groups in total. The van der Waals surface area contributed by atoms with E-state index in [0.717, 1.165) is 6.42 Å². The number of fused-ring (bicyclic) bond motifs is 5. The molecule has 2 bridgehead atoms. The summed E-state index contributed by atoms with van der Waals surface area (Å²) in [6.07, 6.45) is 1.44. The summed E-state index contributed by atoms with van der Waals surface area (Å²) in [5.41, 5.74) is -0.820. The molecule has 2 aliphatic heterocycles. The molecule has 0 radical (unpaired) electrons. The minimum Gasteiger partial charge on any atom is -0.356 e. The number of alkyl halides is 3. The zero-order valence-electron chi connectivity index (χ0n) is 20.4. The quantitative estimate of drug-likeness (QED) is 0.431. The van der Waals surface area contributed by atoms with Crippen LogP contribution in [-0.4, -0.2) is 65.9 Å². The van der Waals surface area contributed by atoms with E-state index in [1.807, 2.05) is 17.5 Å². The van der Waals surface area contributed by atoms with Gasteiger partial charge in [-0.1, -0.05) is 19.1 Å². The van der Waals surface area contributed by atoms with Crippen LogP contribution >= 0.6 is 0 Å². The van der Waals surface area contributed by atoms with E-state index in [-0.39, 0.29) is 42.5 Å². The van der Waals surface area contributed by atoms with Crippen LogP contribution in [-0.2, 0) is 19.2 Å². The maximum Gasteiger partial charge on any atom is 0.471 e. The average Bonchev–Trinajstić information content (AvgIpc) is 3.27. The number of hydrogen-bond donors (Lipinski definition) is 3. The van der Waals surface area contributed by atoms with Gasteiger partial charge in [-0.25, -0.2) is 0 Å². The molecule has 37 heavy (non-hydrogen) atoms. The SMILES string of the molecule is CC1(C(NC(=O)C(F)(F)F)C(=O)N2CC3C4C=CC(C4)C3C2C(=O)NC(C#N)CC2CCNC2=O)CC1. The highest BCUT2D eigenvalue weighted by Gasteiger charge is 2.61. The van der Waals surface area contributed by atoms with Gasteiger partial charge in [-0.15, -0.1) is 0 Å². The minimum absolute atomic E-state index is 0.0261. The van der Waals surface area contributed by atoms with Crippen LogP contribution in [0.2, 0.25) is 0 Å². The Morgan fingerprint density at radius 2 is 1.95 bits per heavy atom. The first-order chi connectivity index (χ1) is 17.4. The highest BCUT2D eigenvalue weighted by atomic mass is 19.4. The Balaban J connectivity index is 1.38. The van der Waals surface area contributed by atoms with Crippen molar-refractivity contribution in [2.45, 2.75) is 63.3 Å².